The number of aliphatic hydroxyl groups excluding tert-OH is 1. The van der Waals surface area contributed by atoms with Crippen LogP contribution in [0.25, 0.3) is 0 Å². The third kappa shape index (κ3) is 2.29. The minimum atomic E-state index is -1.42. The number of benzene rings is 1. The monoisotopic (exact) mass is 180 g/mol. The zero-order valence-corrected chi connectivity index (χ0v) is 7.61. The van der Waals surface area contributed by atoms with Gasteiger partial charge in [-0.1, -0.05) is 29.3 Å². The summed E-state index contributed by atoms with van der Waals surface area (Å²) >= 11 is 0. The van der Waals surface area contributed by atoms with Crippen molar-refractivity contribution in [2.24, 2.45) is 0 Å². The maximum atomic E-state index is 10.5. The molecule has 1 rings (SSSR count). The van der Waals surface area contributed by atoms with E-state index in [0.717, 1.165) is 11.1 Å². The lowest BCUT2D eigenvalue weighted by atomic mass is 10.0. The summed E-state index contributed by atoms with van der Waals surface area (Å²) in [6.45, 7) is 3.73. The molecule has 0 aliphatic rings. The summed E-state index contributed by atoms with van der Waals surface area (Å²) in [5, 5.41) is 17.8. The van der Waals surface area contributed by atoms with Gasteiger partial charge in [-0.3, -0.25) is 0 Å². The zero-order chi connectivity index (χ0) is 10.0. The van der Waals surface area contributed by atoms with Crippen molar-refractivity contribution in [1.29, 1.82) is 0 Å². The van der Waals surface area contributed by atoms with Crippen molar-refractivity contribution >= 4 is 5.97 Å². The second kappa shape index (κ2) is 3.58. The summed E-state index contributed by atoms with van der Waals surface area (Å²) < 4.78 is 0. The molecular formula is C10H12O3. The van der Waals surface area contributed by atoms with Gasteiger partial charge in [0.05, 0.1) is 0 Å². The van der Waals surface area contributed by atoms with Gasteiger partial charge in [0.15, 0.2) is 6.10 Å². The predicted molar refractivity (Wildman–Crippen MR) is 48.5 cm³/mol. The van der Waals surface area contributed by atoms with Crippen LogP contribution < -0.4 is 0 Å². The van der Waals surface area contributed by atoms with Crippen LogP contribution in [0.15, 0.2) is 18.2 Å². The van der Waals surface area contributed by atoms with Crippen LogP contribution in [0.2, 0.25) is 0 Å². The second-order valence-corrected chi connectivity index (χ2v) is 3.16. The van der Waals surface area contributed by atoms with Crippen LogP contribution in [-0.4, -0.2) is 16.2 Å². The van der Waals surface area contributed by atoms with Gasteiger partial charge in [0.25, 0.3) is 0 Å². The van der Waals surface area contributed by atoms with Gasteiger partial charge < -0.3 is 10.2 Å². The number of hydrogen-bond acceptors (Lipinski definition) is 2. The van der Waals surface area contributed by atoms with Gasteiger partial charge in [-0.25, -0.2) is 4.79 Å². The molecule has 0 unspecified atom stereocenters. The minimum Gasteiger partial charge on any atom is -0.479 e. The topological polar surface area (TPSA) is 57.5 Å². The molecule has 0 bridgehead atoms. The lowest BCUT2D eigenvalue weighted by Crippen LogP contribution is -2.10. The highest BCUT2D eigenvalue weighted by Crippen LogP contribution is 2.16. The maximum absolute atomic E-state index is 10.5. The Hall–Kier alpha value is -1.35. The van der Waals surface area contributed by atoms with Crippen LogP contribution in [0, 0.1) is 13.8 Å². The fourth-order valence-corrected chi connectivity index (χ4v) is 1.31. The summed E-state index contributed by atoms with van der Waals surface area (Å²) in [7, 11) is 0. The summed E-state index contributed by atoms with van der Waals surface area (Å²) in [6.07, 6.45) is -1.42. The molecule has 0 heterocycles. The van der Waals surface area contributed by atoms with E-state index in [1.165, 1.54) is 0 Å². The molecule has 3 nitrogen and oxygen atoms in total. The number of carboxylic acid groups (broad SMARTS) is 1. The molecule has 1 aromatic rings. The number of aliphatic hydroxyl groups is 1. The first kappa shape index (κ1) is 9.74. The van der Waals surface area contributed by atoms with Crippen LogP contribution >= 0.6 is 0 Å². The number of rotatable bonds is 2. The number of aryl methyl sites for hydroxylation is 2. The Morgan fingerprint density at radius 1 is 1.23 bits per heavy atom. The van der Waals surface area contributed by atoms with E-state index in [9.17, 15) is 9.90 Å². The smallest absolute Gasteiger partial charge is 0.337 e. The fraction of sp³-hybridized carbons (Fsp3) is 0.300. The number of carboxylic acids is 1. The van der Waals surface area contributed by atoms with Crippen molar-refractivity contribution in [3.8, 4) is 0 Å². The predicted octanol–water partition coefficient (Wildman–Crippen LogP) is 1.42. The van der Waals surface area contributed by atoms with E-state index in [1.54, 1.807) is 12.1 Å². The third-order valence-corrected chi connectivity index (χ3v) is 1.79. The molecule has 2 N–H and O–H groups in total. The van der Waals surface area contributed by atoms with Crippen LogP contribution in [0.5, 0.6) is 0 Å². The average molecular weight is 180 g/mol. The zero-order valence-electron chi connectivity index (χ0n) is 7.61. The highest BCUT2D eigenvalue weighted by Gasteiger charge is 2.15. The first-order chi connectivity index (χ1) is 6.00. The summed E-state index contributed by atoms with van der Waals surface area (Å²) in [6, 6.07) is 5.27. The standard InChI is InChI=1S/C10H12O3/c1-6-3-7(2)5-8(4-6)9(11)10(12)13/h3-5,9,11H,1-2H3,(H,12,13)/t9-/m0/s1. The Bertz CT molecular complexity index is 311. The first-order valence-corrected chi connectivity index (χ1v) is 4.00. The highest BCUT2D eigenvalue weighted by molar-refractivity contribution is 5.74. The second-order valence-electron chi connectivity index (χ2n) is 3.16. The number of carbonyl (C=O) groups is 1. The summed E-state index contributed by atoms with van der Waals surface area (Å²) in [5.41, 5.74) is 2.34. The third-order valence-electron chi connectivity index (χ3n) is 1.79. The van der Waals surface area contributed by atoms with Gasteiger partial charge in [0, 0.05) is 0 Å². The lowest BCUT2D eigenvalue weighted by molar-refractivity contribution is -0.146. The maximum Gasteiger partial charge on any atom is 0.337 e. The lowest BCUT2D eigenvalue weighted by Gasteiger charge is -2.07. The normalized spacial score (nSPS) is 12.5. The van der Waals surface area contributed by atoms with Crippen LogP contribution in [0.3, 0.4) is 0 Å². The Morgan fingerprint density at radius 3 is 2.08 bits per heavy atom. The Labute approximate surface area is 76.6 Å². The highest BCUT2D eigenvalue weighted by atomic mass is 16.4. The van der Waals surface area contributed by atoms with E-state index in [-0.39, 0.29) is 0 Å². The molecule has 1 aromatic carbocycles. The van der Waals surface area contributed by atoms with E-state index in [4.69, 9.17) is 5.11 Å². The molecule has 0 saturated heterocycles. The van der Waals surface area contributed by atoms with Crippen LogP contribution in [-0.2, 0) is 4.79 Å². The van der Waals surface area contributed by atoms with E-state index in [1.807, 2.05) is 19.9 Å². The summed E-state index contributed by atoms with van der Waals surface area (Å²) in [4.78, 5) is 10.5. The van der Waals surface area contributed by atoms with Gasteiger partial charge >= 0.3 is 5.97 Å². The minimum absolute atomic E-state index is 0.435. The molecule has 0 amide bonds. The molecule has 0 fully saturated rings. The molecule has 3 heteroatoms. The Morgan fingerprint density at radius 2 is 1.69 bits per heavy atom. The molecule has 0 radical (unpaired) electrons. The molecule has 0 aliphatic carbocycles. The van der Waals surface area contributed by atoms with Gasteiger partial charge in [-0.2, -0.15) is 0 Å². The van der Waals surface area contributed by atoms with Crippen LogP contribution in [0.1, 0.15) is 22.8 Å². The number of aliphatic carboxylic acids is 1. The molecule has 0 saturated carbocycles. The van der Waals surface area contributed by atoms with Gasteiger partial charge in [-0.05, 0) is 19.4 Å². The van der Waals surface area contributed by atoms with Gasteiger partial charge in [0.1, 0.15) is 0 Å². The Kier molecular flexibility index (Phi) is 2.68. The van der Waals surface area contributed by atoms with E-state index >= 15 is 0 Å². The van der Waals surface area contributed by atoms with E-state index in [2.05, 4.69) is 0 Å². The van der Waals surface area contributed by atoms with Crippen molar-refractivity contribution in [2.45, 2.75) is 20.0 Å². The van der Waals surface area contributed by atoms with E-state index < -0.39 is 12.1 Å². The van der Waals surface area contributed by atoms with Gasteiger partial charge in [0.2, 0.25) is 0 Å². The molecule has 1 atom stereocenters. The van der Waals surface area contributed by atoms with Crippen molar-refractivity contribution in [3.05, 3.63) is 34.9 Å². The molecule has 13 heavy (non-hydrogen) atoms. The quantitative estimate of drug-likeness (QED) is 0.723. The van der Waals surface area contributed by atoms with Crippen molar-refractivity contribution < 1.29 is 15.0 Å². The fourth-order valence-electron chi connectivity index (χ4n) is 1.31. The first-order valence-electron chi connectivity index (χ1n) is 4.00. The van der Waals surface area contributed by atoms with Crippen molar-refractivity contribution in [1.82, 2.24) is 0 Å². The molecule has 0 spiro atoms. The van der Waals surface area contributed by atoms with Crippen molar-refractivity contribution in [3.63, 3.8) is 0 Å². The molecule has 70 valence electrons. The molecular weight excluding hydrogens is 168 g/mol. The average Bonchev–Trinajstić information content (AvgIpc) is 2.01. The SMILES string of the molecule is Cc1cc(C)cc([C@H](O)C(=O)O)c1. The number of hydrogen-bond donors (Lipinski definition) is 2. The van der Waals surface area contributed by atoms with E-state index in [0.29, 0.717) is 5.56 Å². The summed E-state index contributed by atoms with van der Waals surface area (Å²) in [5.74, 6) is -1.22. The van der Waals surface area contributed by atoms with Crippen molar-refractivity contribution in [2.75, 3.05) is 0 Å². The Balaban J connectivity index is 3.07. The van der Waals surface area contributed by atoms with Gasteiger partial charge in [-0.15, -0.1) is 0 Å². The molecule has 0 aromatic heterocycles. The largest absolute Gasteiger partial charge is 0.479 e. The van der Waals surface area contributed by atoms with Crippen LogP contribution in [0.4, 0.5) is 0 Å². The molecule has 0 aliphatic heterocycles.